The van der Waals surface area contributed by atoms with Gasteiger partial charge in [-0.25, -0.2) is 14.5 Å². The van der Waals surface area contributed by atoms with Gasteiger partial charge in [0.25, 0.3) is 0 Å². The zero-order valence-corrected chi connectivity index (χ0v) is 13.8. The molecule has 0 saturated carbocycles. The number of rotatable bonds is 2. The Balaban J connectivity index is 0.000000141. The lowest BCUT2D eigenvalue weighted by Crippen LogP contribution is -1.95. The minimum atomic E-state index is 0.509. The number of aromatic nitrogens is 5. The SMILES string of the molecule is [B]Cc1ccc2c(c1)ncn2C.[B]Cc1cnn2c(C)cnc2c1. The Morgan fingerprint density at radius 1 is 1.00 bits per heavy atom. The monoisotopic (exact) mass is 313 g/mol. The molecule has 5 nitrogen and oxygen atoms in total. The highest BCUT2D eigenvalue weighted by Crippen LogP contribution is 2.13. The maximum absolute atomic E-state index is 5.51. The highest BCUT2D eigenvalue weighted by atomic mass is 15.2. The lowest BCUT2D eigenvalue weighted by Gasteiger charge is -1.97. The molecule has 3 aromatic heterocycles. The van der Waals surface area contributed by atoms with Crippen LogP contribution in [-0.2, 0) is 19.7 Å². The summed E-state index contributed by atoms with van der Waals surface area (Å²) in [6.07, 6.45) is 6.46. The molecule has 4 radical (unpaired) electrons. The van der Waals surface area contributed by atoms with Gasteiger partial charge in [0, 0.05) is 7.05 Å². The molecule has 0 fully saturated rings. The van der Waals surface area contributed by atoms with Crippen molar-refractivity contribution in [2.45, 2.75) is 19.6 Å². The van der Waals surface area contributed by atoms with E-state index in [1.54, 1.807) is 16.9 Å². The van der Waals surface area contributed by atoms with Gasteiger partial charge in [0.2, 0.25) is 0 Å². The molecule has 0 aliphatic rings. The maximum atomic E-state index is 5.51. The van der Waals surface area contributed by atoms with Crippen LogP contribution in [0.4, 0.5) is 0 Å². The fourth-order valence-corrected chi connectivity index (χ4v) is 2.45. The summed E-state index contributed by atoms with van der Waals surface area (Å²) in [5.74, 6) is 0. The summed E-state index contributed by atoms with van der Waals surface area (Å²) in [4.78, 5) is 8.41. The van der Waals surface area contributed by atoms with Crippen LogP contribution < -0.4 is 0 Å². The number of fused-ring (bicyclic) bond motifs is 2. The lowest BCUT2D eigenvalue weighted by atomic mass is 9.97. The second-order valence-corrected chi connectivity index (χ2v) is 5.62. The summed E-state index contributed by atoms with van der Waals surface area (Å²) >= 11 is 0. The van der Waals surface area contributed by atoms with Crippen molar-refractivity contribution in [2.24, 2.45) is 7.05 Å². The number of imidazole rings is 2. The molecule has 24 heavy (non-hydrogen) atoms. The average Bonchev–Trinajstić information content (AvgIpc) is 3.18. The number of benzene rings is 1. The topological polar surface area (TPSA) is 48.0 Å². The standard InChI is InChI=1S/C9H9BN2.C8H8BN3/c1-12-6-11-8-4-7(5-10)2-3-9(8)12;1-6-4-10-8-2-7(3-9)5-11-12(6)8/h2-4,6H,5H2,1H3;2,4-5H,3H2,1H3. The number of hydrogen-bond donors (Lipinski definition) is 0. The summed E-state index contributed by atoms with van der Waals surface area (Å²) in [6, 6.07) is 8.05. The molecule has 4 aromatic rings. The van der Waals surface area contributed by atoms with Gasteiger partial charge in [-0.05, 0) is 30.7 Å². The first-order chi connectivity index (χ1) is 11.6. The van der Waals surface area contributed by atoms with Crippen LogP contribution in [0, 0.1) is 6.92 Å². The van der Waals surface area contributed by atoms with Gasteiger partial charge in [-0.2, -0.15) is 5.10 Å². The van der Waals surface area contributed by atoms with E-state index in [0.29, 0.717) is 12.6 Å². The Bertz CT molecular complexity index is 894. The van der Waals surface area contributed by atoms with E-state index in [1.807, 2.05) is 49.1 Å². The molecule has 0 atom stereocenters. The Morgan fingerprint density at radius 2 is 1.79 bits per heavy atom. The van der Waals surface area contributed by atoms with E-state index in [4.69, 9.17) is 15.7 Å². The summed E-state index contributed by atoms with van der Waals surface area (Å²) in [5, 5.41) is 4.19. The molecule has 0 aliphatic carbocycles. The van der Waals surface area contributed by atoms with Gasteiger partial charge in [-0.15, -0.1) is 0 Å². The molecule has 0 aliphatic heterocycles. The third kappa shape index (κ3) is 3.20. The molecule has 7 heteroatoms. The fraction of sp³-hybridized carbons (Fsp3) is 0.235. The summed E-state index contributed by atoms with van der Waals surface area (Å²) in [5.41, 5.74) is 6.19. The first-order valence-corrected chi connectivity index (χ1v) is 7.71. The summed E-state index contributed by atoms with van der Waals surface area (Å²) in [6.45, 7) is 1.97. The Hall–Kier alpha value is -2.56. The predicted molar refractivity (Wildman–Crippen MR) is 97.4 cm³/mol. The van der Waals surface area contributed by atoms with Crippen LogP contribution in [0.5, 0.6) is 0 Å². The second kappa shape index (κ2) is 6.91. The smallest absolute Gasteiger partial charge is 0.153 e. The van der Waals surface area contributed by atoms with E-state index in [-0.39, 0.29) is 0 Å². The Morgan fingerprint density at radius 3 is 2.54 bits per heavy atom. The third-order valence-corrected chi connectivity index (χ3v) is 3.85. The van der Waals surface area contributed by atoms with Crippen molar-refractivity contribution in [1.82, 2.24) is 24.1 Å². The second-order valence-electron chi connectivity index (χ2n) is 5.62. The predicted octanol–water partition coefficient (Wildman–Crippen LogP) is 1.95. The van der Waals surface area contributed by atoms with Crippen LogP contribution in [0.1, 0.15) is 16.8 Å². The molecule has 116 valence electrons. The summed E-state index contributed by atoms with van der Waals surface area (Å²) in [7, 11) is 13.0. The molecule has 4 rings (SSSR count). The average molecular weight is 313 g/mol. The number of hydrogen-bond acceptors (Lipinski definition) is 3. The van der Waals surface area contributed by atoms with Crippen LogP contribution in [0.3, 0.4) is 0 Å². The van der Waals surface area contributed by atoms with Gasteiger partial charge < -0.3 is 4.57 Å². The molecule has 0 spiro atoms. The number of aryl methyl sites for hydroxylation is 2. The molecular formula is C17H17B2N5. The zero-order chi connectivity index (χ0) is 17.1. The van der Waals surface area contributed by atoms with Gasteiger partial charge in [0.15, 0.2) is 5.65 Å². The van der Waals surface area contributed by atoms with E-state index in [1.165, 1.54) is 0 Å². The van der Waals surface area contributed by atoms with Crippen LogP contribution in [0.25, 0.3) is 16.7 Å². The normalized spacial score (nSPS) is 10.8. The molecule has 0 saturated heterocycles. The fourth-order valence-electron chi connectivity index (χ4n) is 2.45. The van der Waals surface area contributed by atoms with Crippen LogP contribution in [-0.4, -0.2) is 39.8 Å². The molecule has 0 bridgehead atoms. The molecule has 0 amide bonds. The first kappa shape index (κ1) is 16.3. The summed E-state index contributed by atoms with van der Waals surface area (Å²) < 4.78 is 3.79. The highest BCUT2D eigenvalue weighted by molar-refractivity contribution is 6.08. The van der Waals surface area contributed by atoms with E-state index in [0.717, 1.165) is 33.5 Å². The molecule has 0 unspecified atom stereocenters. The molecule has 3 heterocycles. The van der Waals surface area contributed by atoms with Gasteiger partial charge in [0.1, 0.15) is 0 Å². The van der Waals surface area contributed by atoms with Crippen molar-refractivity contribution < 1.29 is 0 Å². The first-order valence-electron chi connectivity index (χ1n) is 7.71. The van der Waals surface area contributed by atoms with Crippen LogP contribution in [0.2, 0.25) is 0 Å². The quantitative estimate of drug-likeness (QED) is 0.532. The van der Waals surface area contributed by atoms with Crippen LogP contribution in [0.15, 0.2) is 43.0 Å². The number of nitrogens with zero attached hydrogens (tertiary/aromatic N) is 5. The van der Waals surface area contributed by atoms with Crippen LogP contribution >= 0.6 is 0 Å². The minimum Gasteiger partial charge on any atom is -0.334 e. The minimum absolute atomic E-state index is 0.509. The van der Waals surface area contributed by atoms with E-state index in [9.17, 15) is 0 Å². The maximum Gasteiger partial charge on any atom is 0.153 e. The van der Waals surface area contributed by atoms with E-state index >= 15 is 0 Å². The van der Waals surface area contributed by atoms with Crippen molar-refractivity contribution in [3.63, 3.8) is 0 Å². The van der Waals surface area contributed by atoms with E-state index in [2.05, 4.69) is 15.1 Å². The molecule has 1 aromatic carbocycles. The Labute approximate surface area is 143 Å². The van der Waals surface area contributed by atoms with Gasteiger partial charge in [-0.1, -0.05) is 24.3 Å². The van der Waals surface area contributed by atoms with Crippen molar-refractivity contribution in [3.05, 3.63) is 59.8 Å². The molecular weight excluding hydrogens is 296 g/mol. The van der Waals surface area contributed by atoms with Gasteiger partial charge in [0.05, 0.1) is 51.1 Å². The van der Waals surface area contributed by atoms with Crippen molar-refractivity contribution in [2.75, 3.05) is 0 Å². The van der Waals surface area contributed by atoms with Crippen molar-refractivity contribution in [1.29, 1.82) is 0 Å². The third-order valence-electron chi connectivity index (χ3n) is 3.85. The molecule has 0 N–H and O–H groups in total. The highest BCUT2D eigenvalue weighted by Gasteiger charge is 2.00. The van der Waals surface area contributed by atoms with Crippen molar-refractivity contribution >= 4 is 32.4 Å². The van der Waals surface area contributed by atoms with Gasteiger partial charge in [-0.3, -0.25) is 0 Å². The largest absolute Gasteiger partial charge is 0.334 e. The van der Waals surface area contributed by atoms with Gasteiger partial charge >= 0.3 is 0 Å². The zero-order valence-electron chi connectivity index (χ0n) is 13.8. The van der Waals surface area contributed by atoms with E-state index < -0.39 is 0 Å². The lowest BCUT2D eigenvalue weighted by molar-refractivity contribution is 0.890. The Kier molecular flexibility index (Phi) is 4.69. The van der Waals surface area contributed by atoms with Crippen molar-refractivity contribution in [3.8, 4) is 0 Å².